The second-order valence-electron chi connectivity index (χ2n) is 5.12. The van der Waals surface area contributed by atoms with Crippen LogP contribution in [0.15, 0.2) is 24.3 Å². The van der Waals surface area contributed by atoms with E-state index in [1.807, 2.05) is 18.2 Å². The summed E-state index contributed by atoms with van der Waals surface area (Å²) in [4.78, 5) is 0. The first-order chi connectivity index (χ1) is 10.5. The molecule has 0 saturated carbocycles. The van der Waals surface area contributed by atoms with Crippen molar-refractivity contribution in [2.75, 3.05) is 33.2 Å². The lowest BCUT2D eigenvalue weighted by atomic mass is 10.1. The van der Waals surface area contributed by atoms with Crippen LogP contribution in [-0.4, -0.2) is 50.3 Å². The summed E-state index contributed by atoms with van der Waals surface area (Å²) >= 11 is 6.02. The van der Waals surface area contributed by atoms with E-state index in [2.05, 4.69) is 5.32 Å². The van der Waals surface area contributed by atoms with Crippen molar-refractivity contribution in [3.8, 4) is 6.07 Å². The van der Waals surface area contributed by atoms with Crippen molar-refractivity contribution < 1.29 is 8.42 Å². The minimum atomic E-state index is -3.61. The molecule has 23 heavy (non-hydrogen) atoms. The zero-order valence-electron chi connectivity index (χ0n) is 12.8. The topological polar surface area (TPSA) is 76.4 Å². The Kier molecular flexibility index (Phi) is 7.74. The molecule has 1 N–H and O–H groups in total. The third-order valence-corrected chi connectivity index (χ3v) is 5.89. The molecule has 0 amide bonds. The fraction of sp³-hybridized carbons (Fsp3) is 0.500. The van der Waals surface area contributed by atoms with E-state index < -0.39 is 10.2 Å². The highest BCUT2D eigenvalue weighted by molar-refractivity contribution is 7.86. The number of halogens is 2. The summed E-state index contributed by atoms with van der Waals surface area (Å²) in [6, 6.07) is 8.91. The van der Waals surface area contributed by atoms with Gasteiger partial charge in [-0.1, -0.05) is 23.7 Å². The van der Waals surface area contributed by atoms with Gasteiger partial charge in [-0.05, 0) is 17.7 Å². The maximum Gasteiger partial charge on any atom is 0.282 e. The molecule has 0 aliphatic carbocycles. The Morgan fingerprint density at radius 1 is 1.52 bits per heavy atom. The van der Waals surface area contributed by atoms with Crippen molar-refractivity contribution in [1.82, 2.24) is 13.9 Å². The van der Waals surface area contributed by atoms with Crippen LogP contribution in [0.1, 0.15) is 18.0 Å². The lowest BCUT2D eigenvalue weighted by Crippen LogP contribution is -2.52. The highest BCUT2D eigenvalue weighted by Gasteiger charge is 2.35. The number of nitrogens with zero attached hydrogens (tertiary/aromatic N) is 3. The van der Waals surface area contributed by atoms with Gasteiger partial charge in [0.1, 0.15) is 0 Å². The van der Waals surface area contributed by atoms with E-state index >= 15 is 0 Å². The summed E-state index contributed by atoms with van der Waals surface area (Å²) in [7, 11) is -2.11. The maximum absolute atomic E-state index is 12.7. The number of hydrogen-bond donors (Lipinski definition) is 1. The first-order valence-electron chi connectivity index (χ1n) is 7.03. The predicted octanol–water partition coefficient (Wildman–Crippen LogP) is 1.80. The van der Waals surface area contributed by atoms with Gasteiger partial charge in [-0.15, -0.1) is 12.4 Å². The lowest BCUT2D eigenvalue weighted by Gasteiger charge is -2.37. The van der Waals surface area contributed by atoms with Crippen LogP contribution in [0.5, 0.6) is 0 Å². The molecule has 0 spiro atoms. The van der Waals surface area contributed by atoms with Crippen LogP contribution in [-0.2, 0) is 10.2 Å². The maximum atomic E-state index is 12.7. The van der Waals surface area contributed by atoms with Gasteiger partial charge in [0, 0.05) is 44.7 Å². The van der Waals surface area contributed by atoms with E-state index in [0.717, 1.165) is 5.56 Å². The highest BCUT2D eigenvalue weighted by atomic mass is 35.5. The molecule has 6 nitrogen and oxygen atoms in total. The Morgan fingerprint density at radius 2 is 2.26 bits per heavy atom. The summed E-state index contributed by atoms with van der Waals surface area (Å²) in [5.74, 6) is 0. The Morgan fingerprint density at radius 3 is 2.91 bits per heavy atom. The van der Waals surface area contributed by atoms with Gasteiger partial charge in [0.25, 0.3) is 10.2 Å². The average Bonchev–Trinajstić information content (AvgIpc) is 2.52. The number of nitriles is 1. The molecule has 1 aromatic rings. The molecule has 1 atom stereocenters. The van der Waals surface area contributed by atoms with Crippen LogP contribution in [0.3, 0.4) is 0 Å². The van der Waals surface area contributed by atoms with Gasteiger partial charge in [-0.2, -0.15) is 22.3 Å². The second kappa shape index (κ2) is 8.83. The first-order valence-corrected chi connectivity index (χ1v) is 8.80. The van der Waals surface area contributed by atoms with Crippen molar-refractivity contribution in [3.63, 3.8) is 0 Å². The molecule has 128 valence electrons. The fourth-order valence-corrected chi connectivity index (χ4v) is 4.18. The van der Waals surface area contributed by atoms with E-state index in [0.29, 0.717) is 24.7 Å². The van der Waals surface area contributed by atoms with E-state index in [1.54, 1.807) is 12.1 Å². The standard InChI is InChI=1S/C14H19ClN4O2S.ClH/c1-18(8-3-6-16)22(20,21)19-9-7-17-11-14(19)12-4-2-5-13(15)10-12;/h2,4-5,10,14,17H,3,7-9,11H2,1H3;1H. The first kappa shape index (κ1) is 20.2. The monoisotopic (exact) mass is 378 g/mol. The minimum Gasteiger partial charge on any atom is -0.313 e. The molecular weight excluding hydrogens is 359 g/mol. The van der Waals surface area contributed by atoms with Gasteiger partial charge in [0.2, 0.25) is 0 Å². The van der Waals surface area contributed by atoms with Crippen molar-refractivity contribution in [1.29, 1.82) is 5.26 Å². The third-order valence-electron chi connectivity index (χ3n) is 3.66. The molecule has 1 fully saturated rings. The van der Waals surface area contributed by atoms with Crippen molar-refractivity contribution >= 4 is 34.2 Å². The van der Waals surface area contributed by atoms with Gasteiger partial charge in [0.15, 0.2) is 0 Å². The Balaban J connectivity index is 0.00000264. The van der Waals surface area contributed by atoms with E-state index in [4.69, 9.17) is 16.9 Å². The molecule has 2 rings (SSSR count). The summed E-state index contributed by atoms with van der Waals surface area (Å²) in [6.07, 6.45) is 0.170. The quantitative estimate of drug-likeness (QED) is 0.847. The zero-order valence-corrected chi connectivity index (χ0v) is 15.2. The zero-order chi connectivity index (χ0) is 16.2. The van der Waals surface area contributed by atoms with Crippen LogP contribution in [0, 0.1) is 11.3 Å². The van der Waals surface area contributed by atoms with Gasteiger partial charge < -0.3 is 5.32 Å². The molecule has 1 heterocycles. The van der Waals surface area contributed by atoms with Crippen LogP contribution >= 0.6 is 24.0 Å². The highest BCUT2D eigenvalue weighted by Crippen LogP contribution is 2.28. The molecule has 9 heteroatoms. The number of rotatable bonds is 5. The van der Waals surface area contributed by atoms with E-state index in [-0.39, 0.29) is 31.4 Å². The van der Waals surface area contributed by atoms with Crippen LogP contribution < -0.4 is 5.32 Å². The molecular formula is C14H20Cl2N4O2S. The van der Waals surface area contributed by atoms with Gasteiger partial charge in [-0.3, -0.25) is 0 Å². The van der Waals surface area contributed by atoms with Crippen LogP contribution in [0.2, 0.25) is 5.02 Å². The number of hydrogen-bond acceptors (Lipinski definition) is 4. The third kappa shape index (κ3) is 4.80. The molecule has 0 bridgehead atoms. The smallest absolute Gasteiger partial charge is 0.282 e. The largest absolute Gasteiger partial charge is 0.313 e. The van der Waals surface area contributed by atoms with E-state index in [1.165, 1.54) is 15.7 Å². The van der Waals surface area contributed by atoms with Gasteiger partial charge >= 0.3 is 0 Å². The molecule has 1 aromatic carbocycles. The molecule has 1 aliphatic heterocycles. The molecule has 0 aromatic heterocycles. The van der Waals surface area contributed by atoms with Crippen LogP contribution in [0.25, 0.3) is 0 Å². The summed E-state index contributed by atoms with van der Waals surface area (Å²) in [5, 5.41) is 12.4. The Hall–Kier alpha value is -0.880. The lowest BCUT2D eigenvalue weighted by molar-refractivity contribution is 0.253. The van der Waals surface area contributed by atoms with Gasteiger partial charge in [-0.25, -0.2) is 0 Å². The summed E-state index contributed by atoms with van der Waals surface area (Å²) in [5.41, 5.74) is 0.858. The Bertz CT molecular complexity index is 663. The molecule has 1 unspecified atom stereocenters. The van der Waals surface area contributed by atoms with Crippen molar-refractivity contribution in [3.05, 3.63) is 34.9 Å². The fourth-order valence-electron chi connectivity index (χ4n) is 2.46. The normalized spacial score (nSPS) is 19.1. The predicted molar refractivity (Wildman–Crippen MR) is 92.8 cm³/mol. The summed E-state index contributed by atoms with van der Waals surface area (Å²) < 4.78 is 28.2. The van der Waals surface area contributed by atoms with Crippen molar-refractivity contribution in [2.45, 2.75) is 12.5 Å². The number of nitrogens with one attached hydrogen (secondary N) is 1. The number of piperazine rings is 1. The molecule has 0 radical (unpaired) electrons. The SMILES string of the molecule is CN(CCC#N)S(=O)(=O)N1CCNCC1c1cccc(Cl)c1.Cl. The summed E-state index contributed by atoms with van der Waals surface area (Å²) in [6.45, 7) is 1.70. The Labute approximate surface area is 148 Å². The van der Waals surface area contributed by atoms with E-state index in [9.17, 15) is 8.42 Å². The average molecular weight is 379 g/mol. The minimum absolute atomic E-state index is 0. The van der Waals surface area contributed by atoms with Gasteiger partial charge in [0.05, 0.1) is 12.1 Å². The second-order valence-corrected chi connectivity index (χ2v) is 7.55. The number of benzene rings is 1. The van der Waals surface area contributed by atoms with Crippen molar-refractivity contribution in [2.24, 2.45) is 0 Å². The molecule has 1 aliphatic rings. The molecule has 1 saturated heterocycles. The van der Waals surface area contributed by atoms with Crippen LogP contribution in [0.4, 0.5) is 0 Å².